The Labute approximate surface area is 87.7 Å². The molecule has 0 rings (SSSR count). The Morgan fingerprint density at radius 2 is 2.07 bits per heavy atom. The second kappa shape index (κ2) is 6.53. The second-order valence-electron chi connectivity index (χ2n) is 3.34. The number of esters is 1. The number of carbonyl (C=O) groups is 1. The molecule has 0 bridgehead atoms. The molecule has 0 aliphatic rings. The summed E-state index contributed by atoms with van der Waals surface area (Å²) in [7, 11) is 0.0775. The van der Waals surface area contributed by atoms with Gasteiger partial charge in [-0.15, -0.1) is 0 Å². The Kier molecular flexibility index (Phi) is 6.12. The highest BCUT2D eigenvalue weighted by molar-refractivity contribution is 6.35. The molecule has 0 saturated carbocycles. The van der Waals surface area contributed by atoms with Gasteiger partial charge in [0.05, 0.1) is 6.61 Å². The molecule has 0 N–H and O–H groups in total. The molecule has 0 heterocycles. The van der Waals surface area contributed by atoms with Gasteiger partial charge in [-0.05, 0) is 13.3 Å². The van der Waals surface area contributed by atoms with Gasteiger partial charge in [0.15, 0.2) is 0 Å². The molecule has 0 spiro atoms. The van der Waals surface area contributed by atoms with Gasteiger partial charge >= 0.3 is 12.1 Å². The van der Waals surface area contributed by atoms with Gasteiger partial charge in [-0.25, -0.2) is 4.79 Å². The minimum atomic E-state index is -4.09. The molecule has 0 radical (unpaired) electrons. The van der Waals surface area contributed by atoms with E-state index in [-0.39, 0.29) is 13.9 Å². The van der Waals surface area contributed by atoms with E-state index in [0.717, 1.165) is 0 Å². The first kappa shape index (κ1) is 14.1. The fourth-order valence-electron chi connectivity index (χ4n) is 0.892. The standard InChI is InChI=1S/C9H14BF3O2/c1-7(2)8(14)15-5-3-4-10-6-9(11,12)13/h10H,1,3-6H2,2H3. The van der Waals surface area contributed by atoms with E-state index >= 15 is 0 Å². The molecule has 0 aromatic heterocycles. The van der Waals surface area contributed by atoms with Crippen LogP contribution in [-0.2, 0) is 9.53 Å². The Hall–Kier alpha value is -0.935. The molecule has 2 nitrogen and oxygen atoms in total. The minimum Gasteiger partial charge on any atom is -0.462 e. The summed E-state index contributed by atoms with van der Waals surface area (Å²) in [6.07, 6.45) is -4.01. The van der Waals surface area contributed by atoms with Crippen LogP contribution in [-0.4, -0.2) is 26.0 Å². The van der Waals surface area contributed by atoms with Crippen LogP contribution in [0.15, 0.2) is 12.2 Å². The van der Waals surface area contributed by atoms with Crippen LogP contribution >= 0.6 is 0 Å². The number of rotatable bonds is 6. The lowest BCUT2D eigenvalue weighted by molar-refractivity contribution is -0.139. The highest BCUT2D eigenvalue weighted by Gasteiger charge is 2.26. The number of hydrogen-bond donors (Lipinski definition) is 0. The molecule has 0 aromatic carbocycles. The Balaban J connectivity index is 3.33. The van der Waals surface area contributed by atoms with Crippen molar-refractivity contribution in [3.05, 3.63) is 12.2 Å². The summed E-state index contributed by atoms with van der Waals surface area (Å²) in [5, 5.41) is 0. The normalized spacial score (nSPS) is 10.9. The van der Waals surface area contributed by atoms with E-state index in [1.807, 2.05) is 0 Å². The molecule has 86 valence electrons. The van der Waals surface area contributed by atoms with Crippen molar-refractivity contribution < 1.29 is 22.7 Å². The quantitative estimate of drug-likeness (QED) is 0.298. The molecule has 0 aliphatic carbocycles. The van der Waals surface area contributed by atoms with Crippen LogP contribution in [0.5, 0.6) is 0 Å². The van der Waals surface area contributed by atoms with E-state index in [4.69, 9.17) is 4.74 Å². The van der Waals surface area contributed by atoms with E-state index in [2.05, 4.69) is 6.58 Å². The van der Waals surface area contributed by atoms with Gasteiger partial charge in [0.25, 0.3) is 0 Å². The molecule has 0 unspecified atom stereocenters. The first-order valence-corrected chi connectivity index (χ1v) is 4.72. The third kappa shape index (κ3) is 9.37. The molecule has 0 amide bonds. The lowest BCUT2D eigenvalue weighted by Gasteiger charge is -2.05. The molecule has 0 aromatic rings. The van der Waals surface area contributed by atoms with Crippen molar-refractivity contribution in [1.82, 2.24) is 0 Å². The van der Waals surface area contributed by atoms with Crippen LogP contribution < -0.4 is 0 Å². The molecular formula is C9H14BF3O2. The summed E-state index contributed by atoms with van der Waals surface area (Å²) in [5.74, 6) is -0.495. The van der Waals surface area contributed by atoms with Gasteiger partial charge in [-0.1, -0.05) is 12.9 Å². The number of ether oxygens (including phenoxy) is 1. The number of alkyl halides is 3. The minimum absolute atomic E-state index is 0.0775. The first-order chi connectivity index (χ1) is 6.83. The smallest absolute Gasteiger partial charge is 0.382 e. The summed E-state index contributed by atoms with van der Waals surface area (Å²) in [6.45, 7) is 5.06. The second-order valence-corrected chi connectivity index (χ2v) is 3.34. The fraction of sp³-hybridized carbons (Fsp3) is 0.667. The highest BCUT2D eigenvalue weighted by atomic mass is 19.4. The van der Waals surface area contributed by atoms with Gasteiger partial charge < -0.3 is 4.74 Å². The van der Waals surface area contributed by atoms with E-state index < -0.39 is 18.5 Å². The molecule has 0 aliphatic heterocycles. The third-order valence-electron chi connectivity index (χ3n) is 1.69. The average Bonchev–Trinajstić information content (AvgIpc) is 2.08. The highest BCUT2D eigenvalue weighted by Crippen LogP contribution is 2.20. The zero-order chi connectivity index (χ0) is 11.9. The maximum Gasteiger partial charge on any atom is 0.382 e. The third-order valence-corrected chi connectivity index (χ3v) is 1.69. The monoisotopic (exact) mass is 222 g/mol. The molecule has 0 saturated heterocycles. The van der Waals surface area contributed by atoms with Crippen molar-refractivity contribution in [3.8, 4) is 0 Å². The van der Waals surface area contributed by atoms with E-state index in [1.54, 1.807) is 0 Å². The zero-order valence-electron chi connectivity index (χ0n) is 8.69. The van der Waals surface area contributed by atoms with Crippen molar-refractivity contribution in [2.45, 2.75) is 32.2 Å². The van der Waals surface area contributed by atoms with Gasteiger partial charge in [-0.2, -0.15) is 13.2 Å². The fourth-order valence-corrected chi connectivity index (χ4v) is 0.892. The number of carbonyl (C=O) groups excluding carboxylic acids is 1. The van der Waals surface area contributed by atoms with Gasteiger partial charge in [-0.3, -0.25) is 0 Å². The number of halogens is 3. The molecule has 0 fully saturated rings. The van der Waals surface area contributed by atoms with Crippen LogP contribution in [0.4, 0.5) is 13.2 Å². The van der Waals surface area contributed by atoms with Crippen molar-refractivity contribution in [1.29, 1.82) is 0 Å². The lowest BCUT2D eigenvalue weighted by atomic mass is 9.70. The summed E-state index contributed by atoms with van der Waals surface area (Å²) in [6, 6.07) is 0. The van der Waals surface area contributed by atoms with Gasteiger partial charge in [0, 0.05) is 11.9 Å². The molecule has 6 heteroatoms. The Bertz CT molecular complexity index is 226. The van der Waals surface area contributed by atoms with E-state index in [1.165, 1.54) is 6.92 Å². The van der Waals surface area contributed by atoms with Crippen LogP contribution in [0.1, 0.15) is 13.3 Å². The van der Waals surface area contributed by atoms with Gasteiger partial charge in [0.2, 0.25) is 0 Å². The van der Waals surface area contributed by atoms with Crippen molar-refractivity contribution in [2.75, 3.05) is 6.61 Å². The molecular weight excluding hydrogens is 208 g/mol. The number of hydrogen-bond acceptors (Lipinski definition) is 2. The summed E-state index contributed by atoms with van der Waals surface area (Å²) < 4.78 is 39.8. The van der Waals surface area contributed by atoms with Crippen molar-refractivity contribution >= 4 is 13.2 Å². The zero-order valence-corrected chi connectivity index (χ0v) is 8.69. The predicted octanol–water partition coefficient (Wildman–Crippen LogP) is 2.33. The largest absolute Gasteiger partial charge is 0.462 e. The average molecular weight is 222 g/mol. The molecule has 0 atom stereocenters. The Morgan fingerprint density at radius 1 is 1.47 bits per heavy atom. The SMILES string of the molecule is C=C(C)C(=O)OCCCBCC(F)(F)F. The van der Waals surface area contributed by atoms with Crippen LogP contribution in [0.2, 0.25) is 12.6 Å². The first-order valence-electron chi connectivity index (χ1n) is 4.72. The Morgan fingerprint density at radius 3 is 2.53 bits per heavy atom. The lowest BCUT2D eigenvalue weighted by Crippen LogP contribution is -2.11. The van der Waals surface area contributed by atoms with Crippen LogP contribution in [0, 0.1) is 0 Å². The van der Waals surface area contributed by atoms with E-state index in [0.29, 0.717) is 18.3 Å². The maximum absolute atomic E-state index is 11.7. The molecule has 15 heavy (non-hydrogen) atoms. The topological polar surface area (TPSA) is 26.3 Å². The summed E-state index contributed by atoms with van der Waals surface area (Å²) >= 11 is 0. The van der Waals surface area contributed by atoms with Gasteiger partial charge in [0.1, 0.15) is 7.28 Å². The predicted molar refractivity (Wildman–Crippen MR) is 53.2 cm³/mol. The van der Waals surface area contributed by atoms with Crippen LogP contribution in [0.25, 0.3) is 0 Å². The maximum atomic E-state index is 11.7. The van der Waals surface area contributed by atoms with Crippen molar-refractivity contribution in [3.63, 3.8) is 0 Å². The summed E-state index contributed by atoms with van der Waals surface area (Å²) in [5.41, 5.74) is 0.297. The van der Waals surface area contributed by atoms with Crippen LogP contribution in [0.3, 0.4) is 0 Å². The van der Waals surface area contributed by atoms with E-state index in [9.17, 15) is 18.0 Å². The van der Waals surface area contributed by atoms with Crippen molar-refractivity contribution in [2.24, 2.45) is 0 Å². The summed E-state index contributed by atoms with van der Waals surface area (Å²) in [4.78, 5) is 10.8.